The van der Waals surface area contributed by atoms with E-state index in [2.05, 4.69) is 38.5 Å². The summed E-state index contributed by atoms with van der Waals surface area (Å²) in [6, 6.07) is 11.8. The topological polar surface area (TPSA) is 70.1 Å². The molecule has 31 heavy (non-hydrogen) atoms. The molecule has 0 unspecified atom stereocenters. The van der Waals surface area contributed by atoms with Crippen LogP contribution in [0.25, 0.3) is 0 Å². The van der Waals surface area contributed by atoms with Gasteiger partial charge in [-0.2, -0.15) is 0 Å². The SMILES string of the molecule is Cc1ccc(NC(=O)Nc2ncc(CCSc3ccccn3)s2)c(N2CCCCC2)c1. The van der Waals surface area contributed by atoms with Gasteiger partial charge in [0.2, 0.25) is 0 Å². The molecule has 4 rings (SSSR count). The molecule has 0 saturated carbocycles. The summed E-state index contributed by atoms with van der Waals surface area (Å²) in [6.45, 7) is 4.15. The van der Waals surface area contributed by atoms with Crippen LogP contribution in [0.2, 0.25) is 0 Å². The molecule has 8 heteroatoms. The number of thiazole rings is 1. The third kappa shape index (κ3) is 6.21. The van der Waals surface area contributed by atoms with Crippen molar-refractivity contribution in [3.8, 4) is 0 Å². The van der Waals surface area contributed by atoms with E-state index in [1.54, 1.807) is 18.0 Å². The summed E-state index contributed by atoms with van der Waals surface area (Å²) < 4.78 is 0. The smallest absolute Gasteiger partial charge is 0.325 e. The summed E-state index contributed by atoms with van der Waals surface area (Å²) in [5.41, 5.74) is 3.13. The van der Waals surface area contributed by atoms with Gasteiger partial charge in [-0.15, -0.1) is 23.1 Å². The first kappa shape index (κ1) is 21.6. The number of hydrogen-bond acceptors (Lipinski definition) is 6. The molecule has 2 aromatic heterocycles. The molecule has 1 aliphatic rings. The Bertz CT molecular complexity index is 1000. The number of hydrogen-bond donors (Lipinski definition) is 2. The third-order valence-corrected chi connectivity index (χ3v) is 7.03. The standard InChI is InChI=1S/C23H27N5OS2/c1-17-8-9-19(20(15-17)28-12-5-2-6-13-28)26-22(29)27-23-25-16-18(31-23)10-14-30-21-7-3-4-11-24-21/h3-4,7-9,11,15-16H,2,5-6,10,12-14H2,1H3,(H2,25,26,27,29). The van der Waals surface area contributed by atoms with Gasteiger partial charge < -0.3 is 10.2 Å². The highest BCUT2D eigenvalue weighted by Gasteiger charge is 2.16. The Morgan fingerprint density at radius 3 is 2.81 bits per heavy atom. The maximum absolute atomic E-state index is 12.6. The molecule has 1 aromatic carbocycles. The lowest BCUT2D eigenvalue weighted by Gasteiger charge is -2.30. The van der Waals surface area contributed by atoms with Crippen molar-refractivity contribution in [2.24, 2.45) is 0 Å². The van der Waals surface area contributed by atoms with E-state index in [4.69, 9.17) is 0 Å². The van der Waals surface area contributed by atoms with Gasteiger partial charge >= 0.3 is 6.03 Å². The summed E-state index contributed by atoms with van der Waals surface area (Å²) in [4.78, 5) is 24.8. The quantitative estimate of drug-likeness (QED) is 0.441. The molecular formula is C23H27N5OS2. The number of nitrogens with zero attached hydrogens (tertiary/aromatic N) is 3. The van der Waals surface area contributed by atoms with Crippen molar-refractivity contribution in [1.82, 2.24) is 9.97 Å². The number of aryl methyl sites for hydroxylation is 2. The number of pyridine rings is 1. The van der Waals surface area contributed by atoms with E-state index in [0.717, 1.165) is 46.5 Å². The molecule has 6 nitrogen and oxygen atoms in total. The average Bonchev–Trinajstić information content (AvgIpc) is 3.23. The fraction of sp³-hybridized carbons (Fsp3) is 0.348. The van der Waals surface area contributed by atoms with E-state index in [1.807, 2.05) is 36.5 Å². The average molecular weight is 454 g/mol. The second-order valence-corrected chi connectivity index (χ2v) is 9.78. The third-order valence-electron chi connectivity index (χ3n) is 5.11. The monoisotopic (exact) mass is 453 g/mol. The highest BCUT2D eigenvalue weighted by Crippen LogP contribution is 2.30. The van der Waals surface area contributed by atoms with E-state index >= 15 is 0 Å². The minimum Gasteiger partial charge on any atom is -0.370 e. The molecule has 0 spiro atoms. The molecule has 3 aromatic rings. The molecule has 162 valence electrons. The molecule has 0 atom stereocenters. The molecule has 1 saturated heterocycles. The molecule has 1 fully saturated rings. The number of piperidine rings is 1. The first-order valence-electron chi connectivity index (χ1n) is 10.6. The van der Waals surface area contributed by atoms with Crippen molar-refractivity contribution in [2.45, 2.75) is 37.6 Å². The van der Waals surface area contributed by atoms with Crippen LogP contribution < -0.4 is 15.5 Å². The Morgan fingerprint density at radius 1 is 1.13 bits per heavy atom. The lowest BCUT2D eigenvalue weighted by Crippen LogP contribution is -2.31. The first-order chi connectivity index (χ1) is 15.2. The van der Waals surface area contributed by atoms with Crippen LogP contribution in [-0.4, -0.2) is 34.8 Å². The van der Waals surface area contributed by atoms with Crippen molar-refractivity contribution in [1.29, 1.82) is 0 Å². The number of thioether (sulfide) groups is 1. The zero-order valence-electron chi connectivity index (χ0n) is 17.6. The van der Waals surface area contributed by atoms with Crippen LogP contribution in [0.1, 0.15) is 29.7 Å². The summed E-state index contributed by atoms with van der Waals surface area (Å²) in [7, 11) is 0. The molecule has 1 aliphatic heterocycles. The molecule has 3 heterocycles. The fourth-order valence-electron chi connectivity index (χ4n) is 3.56. The second-order valence-electron chi connectivity index (χ2n) is 7.55. The number of amides is 2. The number of urea groups is 1. The van der Waals surface area contributed by atoms with Gasteiger partial charge in [0.1, 0.15) is 0 Å². The largest absolute Gasteiger partial charge is 0.370 e. The molecule has 2 N–H and O–H groups in total. The van der Waals surface area contributed by atoms with Crippen molar-refractivity contribution in [3.05, 3.63) is 59.2 Å². The summed E-state index contributed by atoms with van der Waals surface area (Å²) in [5.74, 6) is 0.924. The Balaban J connectivity index is 1.32. The molecule has 2 amide bonds. The van der Waals surface area contributed by atoms with Crippen LogP contribution in [0.15, 0.2) is 53.8 Å². The molecular weight excluding hydrogens is 426 g/mol. The van der Waals surface area contributed by atoms with Gasteiger partial charge in [0.15, 0.2) is 5.13 Å². The maximum Gasteiger partial charge on any atom is 0.325 e. The normalized spacial score (nSPS) is 13.8. The summed E-state index contributed by atoms with van der Waals surface area (Å²) in [5, 5.41) is 7.54. The van der Waals surface area contributed by atoms with Crippen LogP contribution in [0, 0.1) is 6.92 Å². The van der Waals surface area contributed by atoms with Gasteiger partial charge in [-0.25, -0.2) is 14.8 Å². The van der Waals surface area contributed by atoms with Crippen molar-refractivity contribution >= 4 is 45.6 Å². The van der Waals surface area contributed by atoms with Gasteiger partial charge in [0.25, 0.3) is 0 Å². The predicted molar refractivity (Wildman–Crippen MR) is 131 cm³/mol. The number of carbonyl (C=O) groups excluding carboxylic acids is 1. The van der Waals surface area contributed by atoms with Crippen LogP contribution in [0.4, 0.5) is 21.3 Å². The summed E-state index contributed by atoms with van der Waals surface area (Å²) in [6.07, 6.45) is 8.20. The minimum atomic E-state index is -0.258. The fourth-order valence-corrected chi connectivity index (χ4v) is 5.34. The Hall–Kier alpha value is -2.58. The van der Waals surface area contributed by atoms with Gasteiger partial charge in [0, 0.05) is 36.1 Å². The van der Waals surface area contributed by atoms with E-state index in [9.17, 15) is 4.79 Å². The van der Waals surface area contributed by atoms with Crippen molar-refractivity contribution < 1.29 is 4.79 Å². The van der Waals surface area contributed by atoms with Gasteiger partial charge in [-0.3, -0.25) is 5.32 Å². The number of aromatic nitrogens is 2. The van der Waals surface area contributed by atoms with E-state index in [-0.39, 0.29) is 6.03 Å². The Morgan fingerprint density at radius 2 is 2.00 bits per heavy atom. The Labute approximate surface area is 191 Å². The van der Waals surface area contributed by atoms with Gasteiger partial charge in [-0.05, 0) is 62.4 Å². The lowest BCUT2D eigenvalue weighted by molar-refractivity contribution is 0.262. The zero-order valence-corrected chi connectivity index (χ0v) is 19.3. The minimum absolute atomic E-state index is 0.258. The van der Waals surface area contributed by atoms with E-state index < -0.39 is 0 Å². The van der Waals surface area contributed by atoms with E-state index in [0.29, 0.717) is 5.13 Å². The van der Waals surface area contributed by atoms with Crippen LogP contribution in [-0.2, 0) is 6.42 Å². The van der Waals surface area contributed by atoms with Crippen molar-refractivity contribution in [3.63, 3.8) is 0 Å². The predicted octanol–water partition coefficient (Wildman–Crippen LogP) is 5.82. The second kappa shape index (κ2) is 10.6. The Kier molecular flexibility index (Phi) is 7.43. The molecule has 0 bridgehead atoms. The molecule has 0 aliphatic carbocycles. The number of rotatable bonds is 7. The lowest BCUT2D eigenvalue weighted by atomic mass is 10.1. The highest BCUT2D eigenvalue weighted by atomic mass is 32.2. The van der Waals surface area contributed by atoms with Crippen LogP contribution >= 0.6 is 23.1 Å². The van der Waals surface area contributed by atoms with Crippen molar-refractivity contribution in [2.75, 3.05) is 34.4 Å². The van der Waals surface area contributed by atoms with Gasteiger partial charge in [-0.1, -0.05) is 12.1 Å². The number of benzene rings is 1. The van der Waals surface area contributed by atoms with Crippen LogP contribution in [0.3, 0.4) is 0 Å². The molecule has 0 radical (unpaired) electrons. The van der Waals surface area contributed by atoms with Gasteiger partial charge in [0.05, 0.1) is 16.4 Å². The van der Waals surface area contributed by atoms with Crippen LogP contribution in [0.5, 0.6) is 0 Å². The van der Waals surface area contributed by atoms with E-state index in [1.165, 1.54) is 36.2 Å². The maximum atomic E-state index is 12.6. The summed E-state index contributed by atoms with van der Waals surface area (Å²) >= 11 is 3.23. The number of carbonyl (C=O) groups is 1. The number of nitrogens with one attached hydrogen (secondary N) is 2. The highest BCUT2D eigenvalue weighted by molar-refractivity contribution is 7.99. The first-order valence-corrected chi connectivity index (χ1v) is 12.4. The number of anilines is 3. The zero-order chi connectivity index (χ0) is 21.5.